The van der Waals surface area contributed by atoms with Crippen molar-refractivity contribution in [1.29, 1.82) is 0 Å². The Balaban J connectivity index is 1.68. The highest BCUT2D eigenvalue weighted by Crippen LogP contribution is 2.29. The summed E-state index contributed by atoms with van der Waals surface area (Å²) < 4.78 is 4.74. The zero-order valence-corrected chi connectivity index (χ0v) is 16.4. The number of hydrogen-bond donors (Lipinski definition) is 0. The first-order valence-electron chi connectivity index (χ1n) is 9.34. The Kier molecular flexibility index (Phi) is 5.94. The van der Waals surface area contributed by atoms with Crippen molar-refractivity contribution in [1.82, 2.24) is 4.90 Å². The highest BCUT2D eigenvalue weighted by atomic mass is 16.6. The summed E-state index contributed by atoms with van der Waals surface area (Å²) in [5.41, 5.74) is 2.69. The van der Waals surface area contributed by atoms with E-state index in [9.17, 15) is 14.9 Å². The molecule has 1 fully saturated rings. The molecule has 2 aromatic carbocycles. The van der Waals surface area contributed by atoms with Gasteiger partial charge in [0.05, 0.1) is 17.6 Å². The molecule has 7 nitrogen and oxygen atoms in total. The van der Waals surface area contributed by atoms with E-state index in [4.69, 9.17) is 4.74 Å². The van der Waals surface area contributed by atoms with Crippen molar-refractivity contribution >= 4 is 17.3 Å². The van der Waals surface area contributed by atoms with E-state index in [0.29, 0.717) is 5.56 Å². The number of nitro groups is 1. The number of rotatable bonds is 5. The van der Waals surface area contributed by atoms with Crippen molar-refractivity contribution in [3.63, 3.8) is 0 Å². The molecular weight excluding hydrogens is 358 g/mol. The van der Waals surface area contributed by atoms with E-state index >= 15 is 0 Å². The maximum atomic E-state index is 11.6. The van der Waals surface area contributed by atoms with Gasteiger partial charge in [-0.15, -0.1) is 0 Å². The third-order valence-electron chi connectivity index (χ3n) is 5.39. The lowest BCUT2D eigenvalue weighted by Gasteiger charge is -2.44. The van der Waals surface area contributed by atoms with Crippen LogP contribution in [0.15, 0.2) is 48.5 Å². The first-order chi connectivity index (χ1) is 13.4. The van der Waals surface area contributed by atoms with Crippen LogP contribution >= 0.6 is 0 Å². The van der Waals surface area contributed by atoms with E-state index in [1.165, 1.54) is 13.2 Å². The second-order valence-corrected chi connectivity index (χ2v) is 7.10. The van der Waals surface area contributed by atoms with Gasteiger partial charge in [0.15, 0.2) is 0 Å². The van der Waals surface area contributed by atoms with Gasteiger partial charge in [0, 0.05) is 49.5 Å². The average molecular weight is 383 g/mol. The molecule has 0 amide bonds. The monoisotopic (exact) mass is 383 g/mol. The molecule has 0 spiro atoms. The average Bonchev–Trinajstić information content (AvgIpc) is 2.72. The third-order valence-corrected chi connectivity index (χ3v) is 5.39. The second-order valence-electron chi connectivity index (χ2n) is 7.10. The molecule has 0 aromatic heterocycles. The number of nitro benzene ring substituents is 1. The number of piperazine rings is 1. The molecule has 2 atom stereocenters. The Morgan fingerprint density at radius 1 is 1.21 bits per heavy atom. The number of carbonyl (C=O) groups excluding carboxylic acids is 1. The van der Waals surface area contributed by atoms with Crippen molar-refractivity contribution in [2.45, 2.75) is 25.9 Å². The van der Waals surface area contributed by atoms with Gasteiger partial charge in [-0.05, 0) is 43.7 Å². The lowest BCUT2D eigenvalue weighted by molar-refractivity contribution is -0.385. The van der Waals surface area contributed by atoms with E-state index in [-0.39, 0.29) is 28.7 Å². The zero-order valence-electron chi connectivity index (χ0n) is 16.4. The molecule has 2 unspecified atom stereocenters. The molecule has 28 heavy (non-hydrogen) atoms. The molecule has 3 rings (SSSR count). The molecule has 2 aromatic rings. The topological polar surface area (TPSA) is 75.9 Å². The molecule has 0 saturated carbocycles. The summed E-state index contributed by atoms with van der Waals surface area (Å²) in [6.45, 7) is 6.81. The molecule has 1 heterocycles. The number of methoxy groups -OCH3 is 1. The number of hydrogen-bond acceptors (Lipinski definition) is 6. The standard InChI is InChI=1S/C21H25N3O4/c1-15-14-22(19-9-7-17(8-10-19)21(25)28-3)11-12-23(15)16(2)18-5-4-6-20(13-18)24(26)27/h4-10,13,15-16H,11-12,14H2,1-3H3. The van der Waals surface area contributed by atoms with Crippen molar-refractivity contribution in [2.24, 2.45) is 0 Å². The summed E-state index contributed by atoms with van der Waals surface area (Å²) in [5, 5.41) is 11.1. The van der Waals surface area contributed by atoms with Gasteiger partial charge in [-0.2, -0.15) is 0 Å². The summed E-state index contributed by atoms with van der Waals surface area (Å²) in [7, 11) is 1.37. The van der Waals surface area contributed by atoms with Crippen LogP contribution in [0.1, 0.15) is 35.8 Å². The van der Waals surface area contributed by atoms with Gasteiger partial charge >= 0.3 is 5.97 Å². The fourth-order valence-corrected chi connectivity index (χ4v) is 3.80. The van der Waals surface area contributed by atoms with Crippen LogP contribution in [0, 0.1) is 10.1 Å². The van der Waals surface area contributed by atoms with E-state index in [2.05, 4.69) is 23.6 Å². The number of benzene rings is 2. The Labute approximate surface area is 164 Å². The number of esters is 1. The minimum Gasteiger partial charge on any atom is -0.465 e. The Hall–Kier alpha value is -2.93. The maximum absolute atomic E-state index is 11.6. The van der Waals surface area contributed by atoms with Gasteiger partial charge in [0.2, 0.25) is 0 Å². The van der Waals surface area contributed by atoms with E-state index in [1.54, 1.807) is 24.3 Å². The summed E-state index contributed by atoms with van der Waals surface area (Å²) in [6.07, 6.45) is 0. The van der Waals surface area contributed by atoms with Gasteiger partial charge in [-0.25, -0.2) is 4.79 Å². The fourth-order valence-electron chi connectivity index (χ4n) is 3.80. The molecule has 1 aliphatic heterocycles. The van der Waals surface area contributed by atoms with Gasteiger partial charge in [-0.1, -0.05) is 12.1 Å². The maximum Gasteiger partial charge on any atom is 0.337 e. The van der Waals surface area contributed by atoms with Crippen molar-refractivity contribution in [3.8, 4) is 0 Å². The molecule has 0 N–H and O–H groups in total. The molecule has 148 valence electrons. The molecule has 0 radical (unpaired) electrons. The Bertz CT molecular complexity index is 853. The summed E-state index contributed by atoms with van der Waals surface area (Å²) in [6, 6.07) is 14.7. The Morgan fingerprint density at radius 2 is 1.93 bits per heavy atom. The van der Waals surface area contributed by atoms with Crippen molar-refractivity contribution < 1.29 is 14.5 Å². The predicted octanol–water partition coefficient (Wildman–Crippen LogP) is 3.65. The van der Waals surface area contributed by atoms with Crippen LogP contribution in [0.25, 0.3) is 0 Å². The lowest BCUT2D eigenvalue weighted by Crippen LogP contribution is -2.52. The SMILES string of the molecule is COC(=O)c1ccc(N2CCN(C(C)c3cccc([N+](=O)[O-])c3)C(C)C2)cc1. The van der Waals surface area contributed by atoms with Gasteiger partial charge in [0.25, 0.3) is 5.69 Å². The van der Waals surface area contributed by atoms with Crippen molar-refractivity contribution in [3.05, 3.63) is 69.8 Å². The summed E-state index contributed by atoms with van der Waals surface area (Å²) >= 11 is 0. The summed E-state index contributed by atoms with van der Waals surface area (Å²) in [5.74, 6) is -0.337. The Morgan fingerprint density at radius 3 is 2.54 bits per heavy atom. The first kappa shape index (κ1) is 19.8. The minimum absolute atomic E-state index is 0.0961. The van der Waals surface area contributed by atoms with Crippen molar-refractivity contribution in [2.75, 3.05) is 31.6 Å². The van der Waals surface area contributed by atoms with E-state index in [0.717, 1.165) is 30.9 Å². The number of nitrogens with zero attached hydrogens (tertiary/aromatic N) is 3. The smallest absolute Gasteiger partial charge is 0.337 e. The molecule has 1 saturated heterocycles. The highest BCUT2D eigenvalue weighted by molar-refractivity contribution is 5.89. The fraction of sp³-hybridized carbons (Fsp3) is 0.381. The number of ether oxygens (including phenoxy) is 1. The molecular formula is C21H25N3O4. The number of non-ortho nitro benzene ring substituents is 1. The largest absolute Gasteiger partial charge is 0.465 e. The second kappa shape index (κ2) is 8.39. The van der Waals surface area contributed by atoms with Crippen LogP contribution in [0.4, 0.5) is 11.4 Å². The quantitative estimate of drug-likeness (QED) is 0.446. The third kappa shape index (κ3) is 4.14. The molecule has 0 aliphatic carbocycles. The number of anilines is 1. The van der Waals surface area contributed by atoms with Crippen LogP contribution in [0.3, 0.4) is 0 Å². The number of carbonyl (C=O) groups is 1. The highest BCUT2D eigenvalue weighted by Gasteiger charge is 2.28. The predicted molar refractivity (Wildman–Crippen MR) is 108 cm³/mol. The van der Waals surface area contributed by atoms with Crippen LogP contribution in [0.2, 0.25) is 0 Å². The van der Waals surface area contributed by atoms with Gasteiger partial charge in [-0.3, -0.25) is 15.0 Å². The molecule has 1 aliphatic rings. The zero-order chi connectivity index (χ0) is 20.3. The van der Waals surface area contributed by atoms with Crippen LogP contribution in [-0.4, -0.2) is 48.6 Å². The normalized spacial score (nSPS) is 18.5. The summed E-state index contributed by atoms with van der Waals surface area (Å²) in [4.78, 5) is 27.0. The van der Waals surface area contributed by atoms with Crippen LogP contribution < -0.4 is 4.90 Å². The van der Waals surface area contributed by atoms with E-state index in [1.807, 2.05) is 18.2 Å². The lowest BCUT2D eigenvalue weighted by atomic mass is 10.0. The minimum atomic E-state index is -0.352. The van der Waals surface area contributed by atoms with Gasteiger partial charge < -0.3 is 9.64 Å². The van der Waals surface area contributed by atoms with Gasteiger partial charge in [0.1, 0.15) is 0 Å². The van der Waals surface area contributed by atoms with E-state index < -0.39 is 0 Å². The van der Waals surface area contributed by atoms with Crippen LogP contribution in [0.5, 0.6) is 0 Å². The van der Waals surface area contributed by atoms with Crippen LogP contribution in [-0.2, 0) is 4.74 Å². The molecule has 7 heteroatoms. The molecule has 0 bridgehead atoms. The first-order valence-corrected chi connectivity index (χ1v) is 9.34.